The Labute approximate surface area is 130 Å². The maximum atomic E-state index is 12.6. The normalized spacial score (nSPS) is 33.4. The van der Waals surface area contributed by atoms with Crippen LogP contribution >= 0.6 is 11.3 Å². The molecule has 0 radical (unpaired) electrons. The molecule has 3 unspecified atom stereocenters. The van der Waals surface area contributed by atoms with Gasteiger partial charge in [-0.15, -0.1) is 11.3 Å². The summed E-state index contributed by atoms with van der Waals surface area (Å²) >= 11 is 1.62. The third kappa shape index (κ3) is 3.14. The second-order valence-electron chi connectivity index (χ2n) is 6.54. The smallest absolute Gasteiger partial charge is 0.223 e. The van der Waals surface area contributed by atoms with Crippen LogP contribution in [0.2, 0.25) is 0 Å². The zero-order valence-corrected chi connectivity index (χ0v) is 13.4. The Bertz CT molecular complexity index is 462. The molecule has 1 heterocycles. The van der Waals surface area contributed by atoms with Gasteiger partial charge in [0.25, 0.3) is 0 Å². The standard InChI is InChI=1S/C16H25N3OS/c1-2-13(16-18-6-7-21-16)19-15(20)12-8-10-4-3-5-11(9-12)14(10)17/h6-7,10-14H,2-5,8-9,17H2,1H3,(H,19,20). The minimum absolute atomic E-state index is 0.0629. The lowest BCUT2D eigenvalue weighted by Gasteiger charge is -2.43. The second kappa shape index (κ2) is 6.44. The van der Waals surface area contributed by atoms with Crippen LogP contribution in [0.25, 0.3) is 0 Å². The monoisotopic (exact) mass is 307 g/mol. The third-order valence-corrected chi connectivity index (χ3v) is 6.15. The molecule has 2 bridgehead atoms. The molecule has 2 aliphatic rings. The van der Waals surface area contributed by atoms with E-state index in [9.17, 15) is 4.79 Å². The lowest BCUT2D eigenvalue weighted by Crippen LogP contribution is -2.49. The largest absolute Gasteiger partial charge is 0.347 e. The van der Waals surface area contributed by atoms with E-state index in [1.165, 1.54) is 19.3 Å². The molecule has 2 saturated carbocycles. The molecule has 0 spiro atoms. The molecule has 1 amide bonds. The number of rotatable bonds is 4. The van der Waals surface area contributed by atoms with E-state index < -0.39 is 0 Å². The number of hydrogen-bond acceptors (Lipinski definition) is 4. The molecule has 5 heteroatoms. The third-order valence-electron chi connectivity index (χ3n) is 5.26. The Balaban J connectivity index is 1.63. The van der Waals surface area contributed by atoms with Gasteiger partial charge < -0.3 is 11.1 Å². The van der Waals surface area contributed by atoms with Gasteiger partial charge in [-0.05, 0) is 43.9 Å². The van der Waals surface area contributed by atoms with Gasteiger partial charge in [0.1, 0.15) is 5.01 Å². The van der Waals surface area contributed by atoms with Gasteiger partial charge in [0.05, 0.1) is 6.04 Å². The first-order chi connectivity index (χ1) is 10.2. The van der Waals surface area contributed by atoms with E-state index in [0.717, 1.165) is 24.3 Å². The molecule has 116 valence electrons. The van der Waals surface area contributed by atoms with Gasteiger partial charge in [-0.2, -0.15) is 0 Å². The van der Waals surface area contributed by atoms with Crippen LogP contribution in [0.1, 0.15) is 56.5 Å². The first-order valence-corrected chi connectivity index (χ1v) is 9.02. The number of fused-ring (bicyclic) bond motifs is 2. The number of aromatic nitrogens is 1. The highest BCUT2D eigenvalue weighted by atomic mass is 32.1. The summed E-state index contributed by atoms with van der Waals surface area (Å²) in [7, 11) is 0. The van der Waals surface area contributed by atoms with Gasteiger partial charge in [0.2, 0.25) is 5.91 Å². The van der Waals surface area contributed by atoms with Crippen molar-refractivity contribution in [2.24, 2.45) is 23.5 Å². The number of amides is 1. The summed E-state index contributed by atoms with van der Waals surface area (Å²) in [4.78, 5) is 17.0. The highest BCUT2D eigenvalue weighted by molar-refractivity contribution is 7.09. The maximum absolute atomic E-state index is 12.6. The van der Waals surface area contributed by atoms with Crippen LogP contribution in [0.3, 0.4) is 0 Å². The SMILES string of the molecule is CCC(NC(=O)C1CC2CCCC(C1)C2N)c1nccs1. The fraction of sp³-hybridized carbons (Fsp3) is 0.750. The number of thiazole rings is 1. The van der Waals surface area contributed by atoms with Crippen LogP contribution in [0.4, 0.5) is 0 Å². The molecule has 3 rings (SSSR count). The number of carbonyl (C=O) groups excluding carboxylic acids is 1. The molecule has 2 aliphatic carbocycles. The zero-order valence-electron chi connectivity index (χ0n) is 12.6. The molecule has 2 fully saturated rings. The van der Waals surface area contributed by atoms with Crippen molar-refractivity contribution in [2.75, 3.05) is 0 Å². The molecular formula is C16H25N3OS. The first kappa shape index (κ1) is 15.0. The predicted octanol–water partition coefficient (Wildman–Crippen LogP) is 2.86. The Morgan fingerprint density at radius 3 is 2.76 bits per heavy atom. The summed E-state index contributed by atoms with van der Waals surface area (Å²) in [5, 5.41) is 6.19. The molecule has 21 heavy (non-hydrogen) atoms. The van der Waals surface area contributed by atoms with Crippen LogP contribution in [-0.4, -0.2) is 16.9 Å². The van der Waals surface area contributed by atoms with Crippen LogP contribution in [0.15, 0.2) is 11.6 Å². The van der Waals surface area contributed by atoms with E-state index in [4.69, 9.17) is 5.73 Å². The maximum Gasteiger partial charge on any atom is 0.223 e. The molecule has 0 saturated heterocycles. The quantitative estimate of drug-likeness (QED) is 0.898. The molecule has 0 aliphatic heterocycles. The Morgan fingerprint density at radius 2 is 2.19 bits per heavy atom. The molecule has 4 nitrogen and oxygen atoms in total. The van der Waals surface area contributed by atoms with Gasteiger partial charge in [-0.1, -0.05) is 13.3 Å². The van der Waals surface area contributed by atoms with Crippen molar-refractivity contribution in [1.82, 2.24) is 10.3 Å². The fourth-order valence-electron chi connectivity index (χ4n) is 4.04. The molecule has 3 atom stereocenters. The molecule has 0 aromatic carbocycles. The zero-order chi connectivity index (χ0) is 14.8. The van der Waals surface area contributed by atoms with Crippen LogP contribution < -0.4 is 11.1 Å². The van der Waals surface area contributed by atoms with Gasteiger partial charge in [0, 0.05) is 23.5 Å². The van der Waals surface area contributed by atoms with Gasteiger partial charge >= 0.3 is 0 Å². The highest BCUT2D eigenvalue weighted by Crippen LogP contribution is 2.42. The second-order valence-corrected chi connectivity index (χ2v) is 7.46. The van der Waals surface area contributed by atoms with E-state index in [1.54, 1.807) is 17.5 Å². The first-order valence-electron chi connectivity index (χ1n) is 8.14. The van der Waals surface area contributed by atoms with Crippen molar-refractivity contribution in [3.63, 3.8) is 0 Å². The topological polar surface area (TPSA) is 68.0 Å². The minimum Gasteiger partial charge on any atom is -0.347 e. The van der Waals surface area contributed by atoms with E-state index in [1.807, 2.05) is 5.38 Å². The molecule has 1 aromatic heterocycles. The predicted molar refractivity (Wildman–Crippen MR) is 84.8 cm³/mol. The number of nitrogens with zero attached hydrogens (tertiary/aromatic N) is 1. The Hall–Kier alpha value is -0.940. The summed E-state index contributed by atoms with van der Waals surface area (Å²) < 4.78 is 0. The van der Waals surface area contributed by atoms with E-state index in [-0.39, 0.29) is 17.9 Å². The highest BCUT2D eigenvalue weighted by Gasteiger charge is 2.40. The van der Waals surface area contributed by atoms with E-state index in [0.29, 0.717) is 17.9 Å². The Kier molecular flexibility index (Phi) is 4.60. The minimum atomic E-state index is 0.0629. The van der Waals surface area contributed by atoms with Gasteiger partial charge in [0.15, 0.2) is 0 Å². The Morgan fingerprint density at radius 1 is 1.48 bits per heavy atom. The summed E-state index contributed by atoms with van der Waals surface area (Å²) in [6.07, 6.45) is 8.32. The van der Waals surface area contributed by atoms with E-state index >= 15 is 0 Å². The van der Waals surface area contributed by atoms with Gasteiger partial charge in [-0.25, -0.2) is 4.98 Å². The summed E-state index contributed by atoms with van der Waals surface area (Å²) in [6.45, 7) is 2.10. The van der Waals surface area contributed by atoms with Crippen LogP contribution in [-0.2, 0) is 4.79 Å². The summed E-state index contributed by atoms with van der Waals surface area (Å²) in [6, 6.07) is 0.386. The number of nitrogens with one attached hydrogen (secondary N) is 1. The molecule has 3 N–H and O–H groups in total. The molecule has 1 aromatic rings. The van der Waals surface area contributed by atoms with Crippen molar-refractivity contribution < 1.29 is 4.79 Å². The average Bonchev–Trinajstić information content (AvgIpc) is 2.98. The summed E-state index contributed by atoms with van der Waals surface area (Å²) in [5.74, 6) is 1.45. The average molecular weight is 307 g/mol. The van der Waals surface area contributed by atoms with Crippen LogP contribution in [0, 0.1) is 17.8 Å². The van der Waals surface area contributed by atoms with Crippen molar-refractivity contribution in [1.29, 1.82) is 0 Å². The van der Waals surface area contributed by atoms with Crippen molar-refractivity contribution >= 4 is 17.2 Å². The number of carbonyl (C=O) groups is 1. The fourth-order valence-corrected chi connectivity index (χ4v) is 4.81. The number of hydrogen-bond donors (Lipinski definition) is 2. The van der Waals surface area contributed by atoms with Crippen molar-refractivity contribution in [3.05, 3.63) is 16.6 Å². The van der Waals surface area contributed by atoms with Crippen LogP contribution in [0.5, 0.6) is 0 Å². The van der Waals surface area contributed by atoms with Crippen molar-refractivity contribution in [2.45, 2.75) is 57.5 Å². The van der Waals surface area contributed by atoms with Crippen molar-refractivity contribution in [3.8, 4) is 0 Å². The lowest BCUT2D eigenvalue weighted by molar-refractivity contribution is -0.128. The summed E-state index contributed by atoms with van der Waals surface area (Å²) in [5.41, 5.74) is 6.31. The molecular weight excluding hydrogens is 282 g/mol. The lowest BCUT2D eigenvalue weighted by atomic mass is 9.65. The van der Waals surface area contributed by atoms with E-state index in [2.05, 4.69) is 17.2 Å². The number of nitrogens with two attached hydrogens (primary N) is 1. The van der Waals surface area contributed by atoms with Gasteiger partial charge in [-0.3, -0.25) is 4.79 Å².